The predicted octanol–water partition coefficient (Wildman–Crippen LogP) is 6.86. The number of unbranched alkanes of at least 4 members (excludes halogenated alkanes) is 1. The lowest BCUT2D eigenvalue weighted by Crippen LogP contribution is -2.36. The van der Waals surface area contributed by atoms with Gasteiger partial charge >= 0.3 is 0 Å². The van der Waals surface area contributed by atoms with Gasteiger partial charge in [-0.3, -0.25) is 0 Å². The van der Waals surface area contributed by atoms with E-state index < -0.39 is 0 Å². The molecular formula is C31H39ClN6OS. The number of hydrogen-bond acceptors (Lipinski definition) is 7. The van der Waals surface area contributed by atoms with Crippen molar-refractivity contribution in [2.75, 3.05) is 39.1 Å². The van der Waals surface area contributed by atoms with Crippen LogP contribution in [0.25, 0.3) is 21.6 Å². The second-order valence-electron chi connectivity index (χ2n) is 11.4. The first-order chi connectivity index (χ1) is 19.6. The van der Waals surface area contributed by atoms with E-state index in [1.807, 2.05) is 6.07 Å². The number of fused-ring (bicyclic) bond motifs is 1. The minimum Gasteiger partial charge on any atom is -0.385 e. The number of nitrogens with zero attached hydrogens (tertiary/aromatic N) is 5. The number of nitrogen functional groups attached to an aromatic ring is 1. The van der Waals surface area contributed by atoms with Gasteiger partial charge in [0.15, 0.2) is 0 Å². The molecular weight excluding hydrogens is 540 g/mol. The molecule has 2 fully saturated rings. The van der Waals surface area contributed by atoms with Crippen LogP contribution in [0.15, 0.2) is 41.9 Å². The summed E-state index contributed by atoms with van der Waals surface area (Å²) in [4.78, 5) is 16.7. The van der Waals surface area contributed by atoms with Gasteiger partial charge in [0.2, 0.25) is 5.28 Å². The summed E-state index contributed by atoms with van der Waals surface area (Å²) in [7, 11) is 1.79. The Morgan fingerprint density at radius 1 is 1.02 bits per heavy atom. The lowest BCUT2D eigenvalue weighted by atomic mass is 9.83. The third-order valence-electron chi connectivity index (χ3n) is 8.89. The van der Waals surface area contributed by atoms with Crippen molar-refractivity contribution in [3.05, 3.63) is 58.4 Å². The summed E-state index contributed by atoms with van der Waals surface area (Å²) >= 11 is 7.99. The van der Waals surface area contributed by atoms with E-state index in [2.05, 4.69) is 55.3 Å². The van der Waals surface area contributed by atoms with Gasteiger partial charge in [0, 0.05) is 43.3 Å². The zero-order valence-electron chi connectivity index (χ0n) is 23.3. The summed E-state index contributed by atoms with van der Waals surface area (Å²) in [5.74, 6) is 1.99. The van der Waals surface area contributed by atoms with Crippen molar-refractivity contribution in [3.8, 4) is 10.6 Å². The average molecular weight is 579 g/mol. The number of benzene rings is 1. The number of methoxy groups -OCH3 is 1. The minimum absolute atomic E-state index is 0.201. The van der Waals surface area contributed by atoms with Crippen LogP contribution in [0, 0.1) is 11.8 Å². The maximum absolute atomic E-state index is 6.46. The van der Waals surface area contributed by atoms with E-state index in [1.165, 1.54) is 57.3 Å². The zero-order chi connectivity index (χ0) is 27.5. The molecule has 1 aliphatic heterocycles. The second-order valence-corrected chi connectivity index (χ2v) is 12.6. The highest BCUT2D eigenvalue weighted by Gasteiger charge is 2.35. The molecule has 0 radical (unpaired) electrons. The fraction of sp³-hybridized carbons (Fsp3) is 0.516. The van der Waals surface area contributed by atoms with E-state index in [9.17, 15) is 0 Å². The molecule has 2 atom stereocenters. The van der Waals surface area contributed by atoms with E-state index in [4.69, 9.17) is 27.1 Å². The van der Waals surface area contributed by atoms with Crippen molar-refractivity contribution in [3.63, 3.8) is 0 Å². The Labute approximate surface area is 245 Å². The van der Waals surface area contributed by atoms with Crippen LogP contribution in [0.1, 0.15) is 62.2 Å². The molecule has 0 bridgehead atoms. The fourth-order valence-electron chi connectivity index (χ4n) is 6.81. The van der Waals surface area contributed by atoms with Gasteiger partial charge < -0.3 is 19.9 Å². The van der Waals surface area contributed by atoms with Gasteiger partial charge in [-0.1, -0.05) is 30.3 Å². The molecule has 4 heterocycles. The molecule has 40 heavy (non-hydrogen) atoms. The monoisotopic (exact) mass is 578 g/mol. The van der Waals surface area contributed by atoms with Crippen LogP contribution < -0.4 is 5.73 Å². The molecule has 2 unspecified atom stereocenters. The van der Waals surface area contributed by atoms with E-state index >= 15 is 0 Å². The fourth-order valence-corrected chi connectivity index (χ4v) is 7.81. The first kappa shape index (κ1) is 27.6. The number of nitrogens with two attached hydrogens (primary N) is 1. The molecule has 9 heteroatoms. The van der Waals surface area contributed by atoms with Gasteiger partial charge in [0.25, 0.3) is 0 Å². The van der Waals surface area contributed by atoms with Gasteiger partial charge in [0.05, 0.1) is 11.1 Å². The van der Waals surface area contributed by atoms with Gasteiger partial charge in [0.1, 0.15) is 16.5 Å². The Morgan fingerprint density at radius 3 is 2.65 bits per heavy atom. The van der Waals surface area contributed by atoms with Crippen molar-refractivity contribution in [2.24, 2.45) is 11.8 Å². The molecule has 0 spiro atoms. The van der Waals surface area contributed by atoms with E-state index in [0.717, 1.165) is 65.0 Å². The summed E-state index contributed by atoms with van der Waals surface area (Å²) in [6.45, 7) is 4.52. The molecule has 1 aliphatic carbocycles. The normalized spacial score (nSPS) is 20.6. The Kier molecular flexibility index (Phi) is 8.68. The summed E-state index contributed by atoms with van der Waals surface area (Å²) in [6.07, 6.45) is 11.6. The number of piperidine rings is 1. The molecule has 2 aliphatic rings. The van der Waals surface area contributed by atoms with Crippen molar-refractivity contribution < 1.29 is 4.74 Å². The summed E-state index contributed by atoms with van der Waals surface area (Å²) < 4.78 is 7.54. The highest BCUT2D eigenvalue weighted by molar-refractivity contribution is 7.13. The van der Waals surface area contributed by atoms with Crippen molar-refractivity contribution >= 4 is 39.8 Å². The number of anilines is 1. The van der Waals surface area contributed by atoms with Crippen LogP contribution in [-0.4, -0.2) is 57.8 Å². The molecule has 212 valence electrons. The maximum Gasteiger partial charge on any atom is 0.226 e. The smallest absolute Gasteiger partial charge is 0.226 e. The quantitative estimate of drug-likeness (QED) is 0.163. The molecule has 6 rings (SSSR count). The van der Waals surface area contributed by atoms with Gasteiger partial charge in [-0.15, -0.1) is 11.3 Å². The number of ether oxygens (including phenoxy) is 1. The van der Waals surface area contributed by atoms with Crippen LogP contribution >= 0.6 is 22.9 Å². The van der Waals surface area contributed by atoms with E-state index in [0.29, 0.717) is 11.9 Å². The van der Waals surface area contributed by atoms with E-state index in [-0.39, 0.29) is 5.28 Å². The van der Waals surface area contributed by atoms with Gasteiger partial charge in [-0.05, 0) is 93.6 Å². The lowest BCUT2D eigenvalue weighted by Gasteiger charge is -2.35. The van der Waals surface area contributed by atoms with Gasteiger partial charge in [-0.2, -0.15) is 4.98 Å². The molecule has 2 N–H and O–H groups in total. The van der Waals surface area contributed by atoms with Crippen molar-refractivity contribution in [2.45, 2.75) is 57.4 Å². The van der Waals surface area contributed by atoms with Crippen molar-refractivity contribution in [1.82, 2.24) is 24.4 Å². The van der Waals surface area contributed by atoms with E-state index in [1.54, 1.807) is 18.4 Å². The third-order valence-corrected chi connectivity index (χ3v) is 9.99. The highest BCUT2D eigenvalue weighted by atomic mass is 35.5. The molecule has 1 saturated heterocycles. The topological polar surface area (TPSA) is 82.1 Å². The van der Waals surface area contributed by atoms with Crippen LogP contribution in [0.4, 0.5) is 5.82 Å². The second kappa shape index (κ2) is 12.6. The zero-order valence-corrected chi connectivity index (χ0v) is 24.8. The number of thiazole rings is 1. The Hall–Kier alpha value is -2.52. The average Bonchev–Trinajstić information content (AvgIpc) is 3.71. The number of aromatic nitrogens is 4. The molecule has 1 saturated carbocycles. The number of hydrogen-bond donors (Lipinski definition) is 1. The standard InChI is InChI=1S/C31H39ClN6OS/c1-39-16-6-5-13-37-14-11-22(12-15-37)23-9-10-25(18-23)38-19-26(27-28(33)35-31(32)36-29(27)38)30-34-24(20-40-30)17-21-7-3-2-4-8-21/h2-4,7-8,19-20,22-23,25H,5-6,9-18H2,1H3,(H2,33,35,36). The Bertz CT molecular complexity index is 1410. The highest BCUT2D eigenvalue weighted by Crippen LogP contribution is 2.45. The molecule has 0 amide bonds. The summed E-state index contributed by atoms with van der Waals surface area (Å²) in [6, 6.07) is 10.9. The Balaban J connectivity index is 1.18. The van der Waals surface area contributed by atoms with Crippen LogP contribution in [-0.2, 0) is 11.2 Å². The number of likely N-dealkylation sites (tertiary alicyclic amines) is 1. The molecule has 1 aromatic carbocycles. The number of rotatable bonds is 10. The first-order valence-electron chi connectivity index (χ1n) is 14.6. The van der Waals surface area contributed by atoms with Crippen LogP contribution in [0.2, 0.25) is 5.28 Å². The summed E-state index contributed by atoms with van der Waals surface area (Å²) in [5.41, 5.74) is 10.6. The molecule has 7 nitrogen and oxygen atoms in total. The van der Waals surface area contributed by atoms with Gasteiger partial charge in [-0.25, -0.2) is 9.97 Å². The third kappa shape index (κ3) is 6.05. The largest absolute Gasteiger partial charge is 0.385 e. The predicted molar refractivity (Wildman–Crippen MR) is 164 cm³/mol. The molecule has 4 aromatic rings. The van der Waals surface area contributed by atoms with Crippen LogP contribution in [0.3, 0.4) is 0 Å². The molecule has 3 aromatic heterocycles. The Morgan fingerprint density at radius 2 is 1.85 bits per heavy atom. The maximum atomic E-state index is 6.46. The SMILES string of the molecule is COCCCCN1CCC(C2CCC(n3cc(-c4nc(Cc5ccccc5)cs4)c4c(N)nc(Cl)nc43)C2)CC1. The lowest BCUT2D eigenvalue weighted by molar-refractivity contribution is 0.138. The first-order valence-corrected chi connectivity index (χ1v) is 15.9. The minimum atomic E-state index is 0.201. The van der Waals surface area contributed by atoms with Crippen LogP contribution in [0.5, 0.6) is 0 Å². The summed E-state index contributed by atoms with van der Waals surface area (Å²) in [5, 5.41) is 4.18. The van der Waals surface area contributed by atoms with Crippen molar-refractivity contribution in [1.29, 1.82) is 0 Å². The number of halogens is 1.